The number of aliphatic hydroxyl groups is 1. The summed E-state index contributed by atoms with van der Waals surface area (Å²) in [6.07, 6.45) is 0.729. The van der Waals surface area contributed by atoms with Crippen molar-refractivity contribution in [3.8, 4) is 11.8 Å². The second-order valence-electron chi connectivity index (χ2n) is 2.61. The molecule has 1 aromatic rings. The highest BCUT2D eigenvalue weighted by Gasteiger charge is 1.91. The van der Waals surface area contributed by atoms with Crippen LogP contribution in [0.4, 0.5) is 0 Å². The number of aryl methyl sites for hydroxylation is 1. The lowest BCUT2D eigenvalue weighted by molar-refractivity contribution is 0.350. The average Bonchev–Trinajstić information content (AvgIpc) is 2.09. The SMILES string of the molecule is Cc1ccccc1CC#CCO. The van der Waals surface area contributed by atoms with Gasteiger partial charge in [0.2, 0.25) is 0 Å². The van der Waals surface area contributed by atoms with Crippen molar-refractivity contribution in [2.45, 2.75) is 13.3 Å². The zero-order valence-electron chi connectivity index (χ0n) is 7.17. The maximum atomic E-state index is 8.44. The minimum Gasteiger partial charge on any atom is -0.384 e. The topological polar surface area (TPSA) is 20.2 Å². The van der Waals surface area contributed by atoms with Gasteiger partial charge in [-0.25, -0.2) is 0 Å². The smallest absolute Gasteiger partial charge is 0.104 e. The fourth-order valence-electron chi connectivity index (χ4n) is 1.02. The summed E-state index contributed by atoms with van der Waals surface area (Å²) in [5.74, 6) is 5.52. The lowest BCUT2D eigenvalue weighted by Crippen LogP contribution is -1.86. The van der Waals surface area contributed by atoms with Gasteiger partial charge in [0.25, 0.3) is 0 Å². The number of benzene rings is 1. The first-order chi connectivity index (χ1) is 5.84. The highest BCUT2D eigenvalue weighted by atomic mass is 16.2. The lowest BCUT2D eigenvalue weighted by Gasteiger charge is -1.98. The normalized spacial score (nSPS) is 8.83. The molecule has 0 aromatic heterocycles. The minimum absolute atomic E-state index is 0.0497. The number of aliphatic hydroxyl groups excluding tert-OH is 1. The molecule has 1 rings (SSSR count). The monoisotopic (exact) mass is 160 g/mol. The molecule has 0 bridgehead atoms. The molecule has 0 radical (unpaired) electrons. The van der Waals surface area contributed by atoms with E-state index in [1.165, 1.54) is 11.1 Å². The highest BCUT2D eigenvalue weighted by Crippen LogP contribution is 2.06. The lowest BCUT2D eigenvalue weighted by atomic mass is 10.1. The van der Waals surface area contributed by atoms with E-state index in [-0.39, 0.29) is 6.61 Å². The maximum Gasteiger partial charge on any atom is 0.104 e. The van der Waals surface area contributed by atoms with Crippen molar-refractivity contribution < 1.29 is 5.11 Å². The highest BCUT2D eigenvalue weighted by molar-refractivity contribution is 5.29. The molecule has 1 N–H and O–H groups in total. The molecule has 0 spiro atoms. The van der Waals surface area contributed by atoms with Gasteiger partial charge in [-0.15, -0.1) is 0 Å². The fraction of sp³-hybridized carbons (Fsp3) is 0.273. The van der Waals surface area contributed by atoms with E-state index in [0.717, 1.165) is 6.42 Å². The van der Waals surface area contributed by atoms with Crippen LogP contribution in [0.2, 0.25) is 0 Å². The average molecular weight is 160 g/mol. The van der Waals surface area contributed by atoms with E-state index in [2.05, 4.69) is 30.9 Å². The van der Waals surface area contributed by atoms with Crippen LogP contribution >= 0.6 is 0 Å². The van der Waals surface area contributed by atoms with E-state index in [1.807, 2.05) is 12.1 Å². The summed E-state index contributed by atoms with van der Waals surface area (Å²) in [6.45, 7) is 2.02. The molecule has 12 heavy (non-hydrogen) atoms. The van der Waals surface area contributed by atoms with Crippen molar-refractivity contribution in [1.82, 2.24) is 0 Å². The van der Waals surface area contributed by atoms with Gasteiger partial charge < -0.3 is 5.11 Å². The predicted octanol–water partition coefficient (Wildman–Crippen LogP) is 1.53. The van der Waals surface area contributed by atoms with E-state index < -0.39 is 0 Å². The maximum absolute atomic E-state index is 8.44. The van der Waals surface area contributed by atoms with Gasteiger partial charge in [-0.3, -0.25) is 0 Å². The third-order valence-electron chi connectivity index (χ3n) is 1.74. The van der Waals surface area contributed by atoms with Gasteiger partial charge in [0.05, 0.1) is 0 Å². The summed E-state index contributed by atoms with van der Waals surface area (Å²) in [7, 11) is 0. The second-order valence-corrected chi connectivity index (χ2v) is 2.61. The van der Waals surface area contributed by atoms with E-state index in [1.54, 1.807) is 0 Å². The Hall–Kier alpha value is -1.26. The molecule has 1 aromatic carbocycles. The van der Waals surface area contributed by atoms with Crippen LogP contribution in [0.25, 0.3) is 0 Å². The van der Waals surface area contributed by atoms with Gasteiger partial charge >= 0.3 is 0 Å². The van der Waals surface area contributed by atoms with Crippen molar-refractivity contribution in [2.75, 3.05) is 6.61 Å². The molecule has 1 heteroatoms. The molecule has 1 nitrogen and oxygen atoms in total. The molecule has 62 valence electrons. The van der Waals surface area contributed by atoms with Gasteiger partial charge in [-0.1, -0.05) is 36.1 Å². The Balaban J connectivity index is 2.69. The third-order valence-corrected chi connectivity index (χ3v) is 1.74. The zero-order valence-corrected chi connectivity index (χ0v) is 7.17. The first-order valence-corrected chi connectivity index (χ1v) is 3.95. The van der Waals surface area contributed by atoms with Crippen LogP contribution in [0.5, 0.6) is 0 Å². The molecule has 0 aliphatic heterocycles. The first-order valence-electron chi connectivity index (χ1n) is 3.95. The molecule has 0 aliphatic carbocycles. The first kappa shape index (κ1) is 8.83. The van der Waals surface area contributed by atoms with E-state index in [0.29, 0.717) is 0 Å². The molecule has 0 aliphatic rings. The summed E-state index contributed by atoms with van der Waals surface area (Å²) >= 11 is 0. The minimum atomic E-state index is -0.0497. The van der Waals surface area contributed by atoms with E-state index >= 15 is 0 Å². The van der Waals surface area contributed by atoms with E-state index in [4.69, 9.17) is 5.11 Å². The van der Waals surface area contributed by atoms with E-state index in [9.17, 15) is 0 Å². The van der Waals surface area contributed by atoms with Crippen LogP contribution in [0, 0.1) is 18.8 Å². The molecule has 0 heterocycles. The van der Waals surface area contributed by atoms with Crippen LogP contribution in [-0.4, -0.2) is 11.7 Å². The standard InChI is InChI=1S/C11H12O/c1-10-6-2-3-7-11(10)8-4-5-9-12/h2-3,6-7,12H,8-9H2,1H3. The van der Waals surface area contributed by atoms with Crippen molar-refractivity contribution in [3.05, 3.63) is 35.4 Å². The third kappa shape index (κ3) is 2.41. The Morgan fingerprint density at radius 1 is 1.25 bits per heavy atom. The van der Waals surface area contributed by atoms with Crippen molar-refractivity contribution in [1.29, 1.82) is 0 Å². The molecule has 0 atom stereocenters. The van der Waals surface area contributed by atoms with Gasteiger partial charge in [0.15, 0.2) is 0 Å². The predicted molar refractivity (Wildman–Crippen MR) is 49.7 cm³/mol. The summed E-state index contributed by atoms with van der Waals surface area (Å²) < 4.78 is 0. The Kier molecular flexibility index (Phi) is 3.37. The van der Waals surface area contributed by atoms with Crippen molar-refractivity contribution in [3.63, 3.8) is 0 Å². The summed E-state index contributed by atoms with van der Waals surface area (Å²) in [6, 6.07) is 8.14. The molecule has 0 fully saturated rings. The fourth-order valence-corrected chi connectivity index (χ4v) is 1.02. The number of hydrogen-bond acceptors (Lipinski definition) is 1. The van der Waals surface area contributed by atoms with Crippen LogP contribution < -0.4 is 0 Å². The Labute approximate surface area is 73.0 Å². The molecular formula is C11H12O. The Bertz CT molecular complexity index is 304. The Morgan fingerprint density at radius 2 is 2.00 bits per heavy atom. The van der Waals surface area contributed by atoms with Crippen LogP contribution in [-0.2, 0) is 6.42 Å². The van der Waals surface area contributed by atoms with Crippen molar-refractivity contribution in [2.24, 2.45) is 0 Å². The van der Waals surface area contributed by atoms with Crippen LogP contribution in [0.15, 0.2) is 24.3 Å². The largest absolute Gasteiger partial charge is 0.384 e. The molecule has 0 saturated heterocycles. The summed E-state index contributed by atoms with van der Waals surface area (Å²) in [5, 5.41) is 8.44. The molecular weight excluding hydrogens is 148 g/mol. The van der Waals surface area contributed by atoms with Gasteiger partial charge in [-0.2, -0.15) is 0 Å². The summed E-state index contributed by atoms with van der Waals surface area (Å²) in [5.41, 5.74) is 2.49. The van der Waals surface area contributed by atoms with Gasteiger partial charge in [-0.05, 0) is 18.1 Å². The Morgan fingerprint density at radius 3 is 2.67 bits per heavy atom. The quantitative estimate of drug-likeness (QED) is 0.618. The van der Waals surface area contributed by atoms with Gasteiger partial charge in [0.1, 0.15) is 6.61 Å². The second kappa shape index (κ2) is 4.58. The van der Waals surface area contributed by atoms with Crippen LogP contribution in [0.3, 0.4) is 0 Å². The summed E-state index contributed by atoms with van der Waals surface area (Å²) in [4.78, 5) is 0. The molecule has 0 unspecified atom stereocenters. The molecule has 0 saturated carbocycles. The zero-order chi connectivity index (χ0) is 8.81. The van der Waals surface area contributed by atoms with Gasteiger partial charge in [0, 0.05) is 6.42 Å². The molecule has 0 amide bonds. The number of rotatable bonds is 1. The number of hydrogen-bond donors (Lipinski definition) is 1. The van der Waals surface area contributed by atoms with Crippen LogP contribution in [0.1, 0.15) is 11.1 Å². The van der Waals surface area contributed by atoms with Crippen molar-refractivity contribution >= 4 is 0 Å².